The fourth-order valence-electron chi connectivity index (χ4n) is 2.23. The van der Waals surface area contributed by atoms with E-state index in [1.807, 2.05) is 0 Å². The predicted molar refractivity (Wildman–Crippen MR) is 63.8 cm³/mol. The summed E-state index contributed by atoms with van der Waals surface area (Å²) in [5.74, 6) is -4.59. The van der Waals surface area contributed by atoms with E-state index in [0.29, 0.717) is 0 Å². The van der Waals surface area contributed by atoms with Gasteiger partial charge in [-0.25, -0.2) is 4.90 Å². The van der Waals surface area contributed by atoms with E-state index < -0.39 is 30.0 Å². The van der Waals surface area contributed by atoms with Crippen LogP contribution >= 0.6 is 0 Å². The number of carboxylic acids is 1. The minimum absolute atomic E-state index is 0.162. The number of amides is 1. The van der Waals surface area contributed by atoms with Gasteiger partial charge in [-0.2, -0.15) is 0 Å². The van der Waals surface area contributed by atoms with Crippen molar-refractivity contribution in [2.75, 3.05) is 4.90 Å². The predicted octanol–water partition coefficient (Wildman–Crippen LogP) is 2.65. The highest BCUT2D eigenvalue weighted by Crippen LogP contribution is 2.39. The van der Waals surface area contributed by atoms with Crippen LogP contribution in [0.5, 0.6) is 0 Å². The third-order valence-corrected chi connectivity index (χ3v) is 3.40. The molecular formula is C13H12F3NO3. The molecule has 0 saturated heterocycles. The molecule has 2 atom stereocenters. The Morgan fingerprint density at radius 1 is 1.10 bits per heavy atom. The van der Waals surface area contributed by atoms with Crippen LogP contribution in [-0.2, 0) is 9.59 Å². The van der Waals surface area contributed by atoms with Crippen LogP contribution in [0.4, 0.5) is 18.9 Å². The normalized spacial score (nSPS) is 21.9. The molecule has 108 valence electrons. The first kappa shape index (κ1) is 14.4. The van der Waals surface area contributed by atoms with Gasteiger partial charge in [0.2, 0.25) is 5.91 Å². The Morgan fingerprint density at radius 2 is 1.65 bits per heavy atom. The molecule has 1 aromatic carbocycles. The molecular weight excluding hydrogens is 275 g/mol. The summed E-state index contributed by atoms with van der Waals surface area (Å²) in [6.45, 7) is 0. The van der Waals surface area contributed by atoms with Crippen LogP contribution in [0.1, 0.15) is 12.8 Å². The van der Waals surface area contributed by atoms with Crippen molar-refractivity contribution in [3.8, 4) is 0 Å². The Morgan fingerprint density at radius 3 is 2.05 bits per heavy atom. The first-order valence-corrected chi connectivity index (χ1v) is 6.01. The van der Waals surface area contributed by atoms with Gasteiger partial charge in [0.1, 0.15) is 0 Å². The number of nitrogens with zero attached hydrogens (tertiary/aromatic N) is 1. The number of benzene rings is 1. The summed E-state index contributed by atoms with van der Waals surface area (Å²) in [6.07, 6.45) is -4.49. The fraction of sp³-hybridized carbons (Fsp3) is 0.385. The lowest BCUT2D eigenvalue weighted by Gasteiger charge is -2.36. The van der Waals surface area contributed by atoms with E-state index >= 15 is 0 Å². The molecule has 7 heteroatoms. The van der Waals surface area contributed by atoms with Crippen molar-refractivity contribution in [1.29, 1.82) is 0 Å². The maximum absolute atomic E-state index is 13.1. The zero-order valence-electron chi connectivity index (χ0n) is 10.3. The third kappa shape index (κ3) is 2.61. The van der Waals surface area contributed by atoms with E-state index in [0.717, 1.165) is 0 Å². The third-order valence-electron chi connectivity index (χ3n) is 3.40. The lowest BCUT2D eigenvalue weighted by Crippen LogP contribution is -2.51. The van der Waals surface area contributed by atoms with Crippen molar-refractivity contribution in [3.05, 3.63) is 30.3 Å². The molecule has 4 nitrogen and oxygen atoms in total. The zero-order valence-corrected chi connectivity index (χ0v) is 10.3. The minimum atomic E-state index is -4.88. The molecule has 1 saturated carbocycles. The van der Waals surface area contributed by atoms with Crippen molar-refractivity contribution >= 4 is 17.6 Å². The van der Waals surface area contributed by atoms with Crippen LogP contribution in [0, 0.1) is 11.8 Å². The maximum Gasteiger partial charge on any atom is 0.491 e. The quantitative estimate of drug-likeness (QED) is 0.869. The lowest BCUT2D eigenvalue weighted by atomic mass is 9.73. The van der Waals surface area contributed by atoms with Crippen LogP contribution in [-0.4, -0.2) is 23.3 Å². The number of carboxylic acid groups (broad SMARTS) is 1. The van der Waals surface area contributed by atoms with Gasteiger partial charge in [-0.15, -0.1) is 13.2 Å². The van der Waals surface area contributed by atoms with Gasteiger partial charge < -0.3 is 5.11 Å². The van der Waals surface area contributed by atoms with Gasteiger partial charge in [0.15, 0.2) is 0 Å². The Labute approximate surface area is 112 Å². The van der Waals surface area contributed by atoms with Crippen molar-refractivity contribution in [1.82, 2.24) is 0 Å². The van der Waals surface area contributed by atoms with Gasteiger partial charge in [-0.1, -0.05) is 18.2 Å². The average Bonchev–Trinajstić information content (AvgIpc) is 2.25. The summed E-state index contributed by atoms with van der Waals surface area (Å²) in [5, 5.41) is 8.86. The molecule has 0 aliphatic heterocycles. The topological polar surface area (TPSA) is 57.6 Å². The molecule has 1 N–H and O–H groups in total. The number of halogens is 3. The average molecular weight is 287 g/mol. The van der Waals surface area contributed by atoms with Gasteiger partial charge in [0, 0.05) is 0 Å². The molecule has 0 spiro atoms. The largest absolute Gasteiger partial charge is 0.491 e. The number of hydrogen-bond acceptors (Lipinski definition) is 2. The van der Waals surface area contributed by atoms with Crippen molar-refractivity contribution < 1.29 is 27.9 Å². The Balaban J connectivity index is 2.29. The SMILES string of the molecule is O=C(O)C1CCC1C(=O)N(c1ccccc1)C(F)(F)F. The Kier molecular flexibility index (Phi) is 3.69. The van der Waals surface area contributed by atoms with E-state index in [-0.39, 0.29) is 23.4 Å². The van der Waals surface area contributed by atoms with Gasteiger partial charge in [0.05, 0.1) is 17.5 Å². The van der Waals surface area contributed by atoms with Gasteiger partial charge in [-0.05, 0) is 25.0 Å². The first-order valence-electron chi connectivity index (χ1n) is 6.01. The summed E-state index contributed by atoms with van der Waals surface area (Å²) in [6, 6.07) is 6.64. The second-order valence-electron chi connectivity index (χ2n) is 4.61. The highest BCUT2D eigenvalue weighted by Gasteiger charge is 2.50. The monoisotopic (exact) mass is 287 g/mol. The van der Waals surface area contributed by atoms with Crippen molar-refractivity contribution in [3.63, 3.8) is 0 Å². The summed E-state index contributed by atoms with van der Waals surface area (Å²) < 4.78 is 39.2. The number of para-hydroxylation sites is 1. The molecule has 1 amide bonds. The van der Waals surface area contributed by atoms with Gasteiger partial charge >= 0.3 is 12.3 Å². The molecule has 2 rings (SSSR count). The molecule has 0 heterocycles. The molecule has 1 aromatic rings. The zero-order chi connectivity index (χ0) is 14.9. The van der Waals surface area contributed by atoms with Crippen LogP contribution in [0.3, 0.4) is 0 Å². The fourth-order valence-corrected chi connectivity index (χ4v) is 2.23. The molecule has 1 aliphatic rings. The van der Waals surface area contributed by atoms with Crippen molar-refractivity contribution in [2.24, 2.45) is 11.8 Å². The van der Waals surface area contributed by atoms with E-state index in [9.17, 15) is 22.8 Å². The smallest absolute Gasteiger partial charge is 0.481 e. The lowest BCUT2D eigenvalue weighted by molar-refractivity contribution is -0.163. The second kappa shape index (κ2) is 5.15. The molecule has 2 unspecified atom stereocenters. The summed E-state index contributed by atoms with van der Waals surface area (Å²) in [5.41, 5.74) is -0.305. The number of carbonyl (C=O) groups is 2. The minimum Gasteiger partial charge on any atom is -0.481 e. The van der Waals surface area contributed by atoms with Crippen LogP contribution < -0.4 is 4.90 Å². The van der Waals surface area contributed by atoms with Gasteiger partial charge in [-0.3, -0.25) is 9.59 Å². The number of hydrogen-bond donors (Lipinski definition) is 1. The van der Waals surface area contributed by atoms with Crippen molar-refractivity contribution in [2.45, 2.75) is 19.1 Å². The Hall–Kier alpha value is -2.05. The molecule has 0 radical (unpaired) electrons. The summed E-state index contributed by atoms with van der Waals surface area (Å²) in [7, 11) is 0. The molecule has 1 fully saturated rings. The van der Waals surface area contributed by atoms with E-state index in [1.165, 1.54) is 30.3 Å². The molecule has 1 aliphatic carbocycles. The van der Waals surface area contributed by atoms with E-state index in [2.05, 4.69) is 0 Å². The summed E-state index contributed by atoms with van der Waals surface area (Å²) in [4.78, 5) is 22.6. The van der Waals surface area contributed by atoms with Crippen LogP contribution in [0.25, 0.3) is 0 Å². The van der Waals surface area contributed by atoms with E-state index in [4.69, 9.17) is 5.11 Å². The number of alkyl halides is 3. The number of anilines is 1. The number of aliphatic carboxylic acids is 1. The molecule has 0 aromatic heterocycles. The molecule has 20 heavy (non-hydrogen) atoms. The number of carbonyl (C=O) groups excluding carboxylic acids is 1. The number of rotatable bonds is 3. The Bertz CT molecular complexity index is 515. The van der Waals surface area contributed by atoms with Crippen LogP contribution in [0.15, 0.2) is 30.3 Å². The summed E-state index contributed by atoms with van der Waals surface area (Å²) >= 11 is 0. The second-order valence-corrected chi connectivity index (χ2v) is 4.61. The standard InChI is InChI=1S/C13H12F3NO3/c14-13(15,16)17(8-4-2-1-3-5-8)11(18)9-6-7-10(9)12(19)20/h1-5,9-10H,6-7H2,(H,19,20). The highest BCUT2D eigenvalue weighted by molar-refractivity contribution is 5.98. The van der Waals surface area contributed by atoms with E-state index in [1.54, 1.807) is 0 Å². The highest BCUT2D eigenvalue weighted by atomic mass is 19.4. The maximum atomic E-state index is 13.1. The molecule has 0 bridgehead atoms. The van der Waals surface area contributed by atoms with Gasteiger partial charge in [0.25, 0.3) is 0 Å². The van der Waals surface area contributed by atoms with Crippen LogP contribution in [0.2, 0.25) is 0 Å². The first-order chi connectivity index (χ1) is 9.32.